The Morgan fingerprint density at radius 3 is 2.61 bits per heavy atom. The lowest BCUT2D eigenvalue weighted by Crippen LogP contribution is -2.24. The fourth-order valence-electron chi connectivity index (χ4n) is 3.17. The standard InChI is InChI=1S/C21H23ClN4O2/c1-13-10-23-17(14(2)19(13)28-4)11-24-21(27)18-15(3)25-26(20(18)22)12-16-8-6-5-7-9-16/h5-10H,11-12H2,1-4H3,(H,24,27). The molecular formula is C21H23ClN4O2. The molecule has 0 aliphatic rings. The van der Waals surface area contributed by atoms with Crippen molar-refractivity contribution in [2.24, 2.45) is 0 Å². The van der Waals surface area contributed by atoms with Gasteiger partial charge < -0.3 is 10.1 Å². The predicted molar refractivity (Wildman–Crippen MR) is 109 cm³/mol. The summed E-state index contributed by atoms with van der Waals surface area (Å²) in [4.78, 5) is 17.2. The summed E-state index contributed by atoms with van der Waals surface area (Å²) in [5.74, 6) is 0.506. The third-order valence-corrected chi connectivity index (χ3v) is 5.02. The number of hydrogen-bond donors (Lipinski definition) is 1. The summed E-state index contributed by atoms with van der Waals surface area (Å²) >= 11 is 6.46. The number of aryl methyl sites for hydroxylation is 2. The van der Waals surface area contributed by atoms with Gasteiger partial charge in [-0.15, -0.1) is 0 Å². The van der Waals surface area contributed by atoms with Crippen LogP contribution in [0.15, 0.2) is 36.5 Å². The van der Waals surface area contributed by atoms with Gasteiger partial charge in [0.15, 0.2) is 0 Å². The lowest BCUT2D eigenvalue weighted by Gasteiger charge is -2.12. The summed E-state index contributed by atoms with van der Waals surface area (Å²) in [6.45, 7) is 6.42. The van der Waals surface area contributed by atoms with Crippen molar-refractivity contribution in [2.45, 2.75) is 33.9 Å². The summed E-state index contributed by atoms with van der Waals surface area (Å²) in [6, 6.07) is 9.85. The Balaban J connectivity index is 1.77. The second kappa shape index (κ2) is 8.44. The molecular weight excluding hydrogens is 376 g/mol. The lowest BCUT2D eigenvalue weighted by molar-refractivity contribution is 0.0950. The van der Waals surface area contributed by atoms with Gasteiger partial charge in [-0.3, -0.25) is 9.78 Å². The van der Waals surface area contributed by atoms with Gasteiger partial charge in [0.05, 0.1) is 37.2 Å². The highest BCUT2D eigenvalue weighted by atomic mass is 35.5. The molecule has 0 unspecified atom stereocenters. The Kier molecular flexibility index (Phi) is 5.99. The Bertz CT molecular complexity index is 999. The van der Waals surface area contributed by atoms with Crippen molar-refractivity contribution in [3.05, 3.63) is 75.3 Å². The first-order valence-corrected chi connectivity index (χ1v) is 9.34. The second-order valence-electron chi connectivity index (χ2n) is 6.62. The van der Waals surface area contributed by atoms with Crippen LogP contribution in [0.1, 0.15) is 38.4 Å². The first-order valence-electron chi connectivity index (χ1n) is 8.96. The minimum Gasteiger partial charge on any atom is -0.496 e. The summed E-state index contributed by atoms with van der Waals surface area (Å²) < 4.78 is 7.06. The number of nitrogens with one attached hydrogen (secondary N) is 1. The van der Waals surface area contributed by atoms with Crippen LogP contribution in [-0.2, 0) is 13.1 Å². The van der Waals surface area contributed by atoms with Crippen LogP contribution in [0.3, 0.4) is 0 Å². The van der Waals surface area contributed by atoms with Gasteiger partial charge in [-0.25, -0.2) is 4.68 Å². The molecule has 1 amide bonds. The molecule has 7 heteroatoms. The summed E-state index contributed by atoms with van der Waals surface area (Å²) in [7, 11) is 1.63. The van der Waals surface area contributed by atoms with E-state index in [1.807, 2.05) is 44.2 Å². The second-order valence-corrected chi connectivity index (χ2v) is 6.98. The van der Waals surface area contributed by atoms with Crippen LogP contribution >= 0.6 is 11.6 Å². The fourth-order valence-corrected chi connectivity index (χ4v) is 3.49. The topological polar surface area (TPSA) is 69.0 Å². The van der Waals surface area contributed by atoms with Crippen LogP contribution in [-0.4, -0.2) is 27.8 Å². The van der Waals surface area contributed by atoms with Gasteiger partial charge in [0, 0.05) is 17.3 Å². The van der Waals surface area contributed by atoms with E-state index in [0.29, 0.717) is 23.0 Å². The molecule has 0 spiro atoms. The quantitative estimate of drug-likeness (QED) is 0.684. The van der Waals surface area contributed by atoms with Gasteiger partial charge >= 0.3 is 0 Å². The normalized spacial score (nSPS) is 10.8. The number of aromatic nitrogens is 3. The zero-order chi connectivity index (χ0) is 20.3. The Labute approximate surface area is 169 Å². The van der Waals surface area contributed by atoms with E-state index in [0.717, 1.165) is 28.1 Å². The van der Waals surface area contributed by atoms with Gasteiger partial charge in [-0.2, -0.15) is 5.10 Å². The van der Waals surface area contributed by atoms with Crippen molar-refractivity contribution in [1.29, 1.82) is 0 Å². The molecule has 0 atom stereocenters. The van der Waals surface area contributed by atoms with E-state index in [9.17, 15) is 4.79 Å². The number of ether oxygens (including phenoxy) is 1. The number of carbonyl (C=O) groups excluding carboxylic acids is 1. The van der Waals surface area contributed by atoms with E-state index in [4.69, 9.17) is 16.3 Å². The molecule has 1 N–H and O–H groups in total. The minimum absolute atomic E-state index is 0.275. The first kappa shape index (κ1) is 19.9. The van der Waals surface area contributed by atoms with E-state index in [1.165, 1.54) is 0 Å². The third-order valence-electron chi connectivity index (χ3n) is 4.63. The van der Waals surface area contributed by atoms with Gasteiger partial charge in [0.25, 0.3) is 5.91 Å². The molecule has 0 saturated carbocycles. The average Bonchev–Trinajstić information content (AvgIpc) is 2.95. The van der Waals surface area contributed by atoms with Gasteiger partial charge in [0.2, 0.25) is 0 Å². The molecule has 1 aromatic carbocycles. The highest BCUT2D eigenvalue weighted by Gasteiger charge is 2.21. The van der Waals surface area contributed by atoms with Crippen LogP contribution in [0, 0.1) is 20.8 Å². The van der Waals surface area contributed by atoms with E-state index < -0.39 is 0 Å². The minimum atomic E-state index is -0.275. The molecule has 6 nitrogen and oxygen atoms in total. The molecule has 0 bridgehead atoms. The van der Waals surface area contributed by atoms with Crippen molar-refractivity contribution >= 4 is 17.5 Å². The highest BCUT2D eigenvalue weighted by molar-refractivity contribution is 6.33. The fraction of sp³-hybridized carbons (Fsp3) is 0.286. The summed E-state index contributed by atoms with van der Waals surface area (Å²) in [6.07, 6.45) is 1.74. The maximum Gasteiger partial charge on any atom is 0.256 e. The van der Waals surface area contributed by atoms with Gasteiger partial charge in [0.1, 0.15) is 10.9 Å². The van der Waals surface area contributed by atoms with Crippen LogP contribution in [0.25, 0.3) is 0 Å². The zero-order valence-corrected chi connectivity index (χ0v) is 17.2. The number of amides is 1. The Hall–Kier alpha value is -2.86. The molecule has 0 aliphatic carbocycles. The van der Waals surface area contributed by atoms with Crippen molar-refractivity contribution < 1.29 is 9.53 Å². The molecule has 0 aliphatic heterocycles. The molecule has 0 fully saturated rings. The van der Waals surface area contributed by atoms with Crippen molar-refractivity contribution in [3.63, 3.8) is 0 Å². The number of hydrogen-bond acceptors (Lipinski definition) is 4. The molecule has 0 saturated heterocycles. The van der Waals surface area contributed by atoms with Crippen molar-refractivity contribution in [3.8, 4) is 5.75 Å². The van der Waals surface area contributed by atoms with Crippen LogP contribution in [0.5, 0.6) is 5.75 Å². The van der Waals surface area contributed by atoms with Crippen molar-refractivity contribution in [1.82, 2.24) is 20.1 Å². The molecule has 2 aromatic heterocycles. The van der Waals surface area contributed by atoms with Gasteiger partial charge in [-0.1, -0.05) is 41.9 Å². The zero-order valence-electron chi connectivity index (χ0n) is 16.4. The maximum atomic E-state index is 12.8. The van der Waals surface area contributed by atoms with Crippen LogP contribution in [0.4, 0.5) is 0 Å². The number of benzene rings is 1. The van der Waals surface area contributed by atoms with Crippen molar-refractivity contribution in [2.75, 3.05) is 7.11 Å². The van der Waals surface area contributed by atoms with E-state index >= 15 is 0 Å². The predicted octanol–water partition coefficient (Wildman–Crippen LogP) is 3.84. The number of rotatable bonds is 6. The van der Waals surface area contributed by atoms with Crippen LogP contribution in [0.2, 0.25) is 5.15 Å². The maximum absolute atomic E-state index is 12.8. The highest BCUT2D eigenvalue weighted by Crippen LogP contribution is 2.24. The Morgan fingerprint density at radius 1 is 1.21 bits per heavy atom. The molecule has 3 aromatic rings. The SMILES string of the molecule is COc1c(C)cnc(CNC(=O)c2c(C)nn(Cc3ccccc3)c2Cl)c1C. The molecule has 146 valence electrons. The van der Waals surface area contributed by atoms with Gasteiger partial charge in [-0.05, 0) is 26.3 Å². The number of pyridine rings is 1. The average molecular weight is 399 g/mol. The summed E-state index contributed by atoms with van der Waals surface area (Å²) in [5.41, 5.74) is 4.65. The monoisotopic (exact) mass is 398 g/mol. The third kappa shape index (κ3) is 4.02. The molecule has 28 heavy (non-hydrogen) atoms. The lowest BCUT2D eigenvalue weighted by atomic mass is 10.1. The number of halogens is 1. The number of nitrogens with zero attached hydrogens (tertiary/aromatic N) is 3. The largest absolute Gasteiger partial charge is 0.496 e. The number of carbonyl (C=O) groups is 1. The first-order chi connectivity index (χ1) is 13.4. The van der Waals surface area contributed by atoms with E-state index in [1.54, 1.807) is 24.9 Å². The van der Waals surface area contributed by atoms with E-state index in [-0.39, 0.29) is 12.5 Å². The molecule has 0 radical (unpaired) electrons. The Morgan fingerprint density at radius 2 is 1.93 bits per heavy atom. The summed E-state index contributed by atoms with van der Waals surface area (Å²) in [5, 5.41) is 7.64. The van der Waals surface area contributed by atoms with E-state index in [2.05, 4.69) is 15.4 Å². The molecule has 3 rings (SSSR count). The molecule has 2 heterocycles. The van der Waals surface area contributed by atoms with Crippen LogP contribution < -0.4 is 10.1 Å². The number of methoxy groups -OCH3 is 1. The smallest absolute Gasteiger partial charge is 0.256 e.